The van der Waals surface area contributed by atoms with Gasteiger partial charge in [0.05, 0.1) is 16.8 Å². The summed E-state index contributed by atoms with van der Waals surface area (Å²) in [6.45, 7) is 0. The van der Waals surface area contributed by atoms with Gasteiger partial charge in [-0.1, -0.05) is 0 Å². The van der Waals surface area contributed by atoms with Gasteiger partial charge in [0, 0.05) is 13.2 Å². The molecule has 9 nitrogen and oxygen atoms in total. The molecule has 0 aromatic carbocycles. The number of nitrogen functional groups attached to an aromatic ring is 1. The quantitative estimate of drug-likeness (QED) is 0.584. The van der Waals surface area contributed by atoms with E-state index in [4.69, 9.17) is 5.73 Å². The van der Waals surface area contributed by atoms with E-state index in [1.54, 1.807) is 17.9 Å². The Morgan fingerprint density at radius 1 is 1.53 bits per heavy atom. The Morgan fingerprint density at radius 3 is 2.88 bits per heavy atom. The zero-order valence-electron chi connectivity index (χ0n) is 8.86. The third kappa shape index (κ3) is 2.12. The van der Waals surface area contributed by atoms with Gasteiger partial charge in [0.25, 0.3) is 0 Å². The molecular weight excluding hydrogens is 226 g/mol. The minimum atomic E-state index is -0.631. The zero-order valence-corrected chi connectivity index (χ0v) is 8.86. The van der Waals surface area contributed by atoms with Crippen molar-refractivity contribution in [3.63, 3.8) is 0 Å². The molecule has 3 N–H and O–H groups in total. The van der Waals surface area contributed by atoms with Gasteiger partial charge < -0.3 is 11.1 Å². The van der Waals surface area contributed by atoms with Crippen LogP contribution in [0.5, 0.6) is 0 Å². The van der Waals surface area contributed by atoms with E-state index in [-0.39, 0.29) is 17.3 Å². The summed E-state index contributed by atoms with van der Waals surface area (Å²) in [5, 5.41) is 17.5. The first kappa shape index (κ1) is 10.8. The van der Waals surface area contributed by atoms with Crippen molar-refractivity contribution in [3.05, 3.63) is 28.8 Å². The highest BCUT2D eigenvalue weighted by Crippen LogP contribution is 2.28. The van der Waals surface area contributed by atoms with Crippen LogP contribution in [-0.2, 0) is 7.05 Å². The Balaban J connectivity index is 2.39. The molecule has 0 unspecified atom stereocenters. The first-order chi connectivity index (χ1) is 8.08. The average molecular weight is 235 g/mol. The maximum absolute atomic E-state index is 10.8. The van der Waals surface area contributed by atoms with Crippen LogP contribution >= 0.6 is 0 Å². The summed E-state index contributed by atoms with van der Waals surface area (Å²) in [5.74, 6) is -0.146. The smallest absolute Gasteiger partial charge is 0.353 e. The number of aryl methyl sites for hydroxylation is 1. The Morgan fingerprint density at radius 2 is 2.29 bits per heavy atom. The fourth-order valence-corrected chi connectivity index (χ4v) is 1.29. The van der Waals surface area contributed by atoms with Crippen LogP contribution in [-0.4, -0.2) is 24.7 Å². The highest BCUT2D eigenvalue weighted by Gasteiger charge is 2.21. The molecule has 9 heteroatoms. The second-order valence-corrected chi connectivity index (χ2v) is 3.24. The highest BCUT2D eigenvalue weighted by atomic mass is 16.6. The van der Waals surface area contributed by atoms with Crippen molar-refractivity contribution in [3.8, 4) is 0 Å². The predicted molar refractivity (Wildman–Crippen MR) is 59.6 cm³/mol. The third-order valence-electron chi connectivity index (χ3n) is 2.00. The minimum Gasteiger partial charge on any atom is -0.378 e. The van der Waals surface area contributed by atoms with Crippen molar-refractivity contribution in [1.82, 2.24) is 19.7 Å². The van der Waals surface area contributed by atoms with Crippen LogP contribution < -0.4 is 11.1 Å². The maximum atomic E-state index is 10.8. The van der Waals surface area contributed by atoms with Crippen molar-refractivity contribution in [2.24, 2.45) is 7.05 Å². The minimum absolute atomic E-state index is 0.0375. The Kier molecular flexibility index (Phi) is 2.57. The molecule has 0 atom stereocenters. The third-order valence-corrected chi connectivity index (χ3v) is 2.00. The lowest BCUT2D eigenvalue weighted by molar-refractivity contribution is -0.383. The molecule has 88 valence electrons. The topological polar surface area (TPSA) is 125 Å². The molecule has 2 heterocycles. The number of hydrogen-bond donors (Lipinski definition) is 2. The summed E-state index contributed by atoms with van der Waals surface area (Å²) < 4.78 is 1.55. The van der Waals surface area contributed by atoms with Crippen molar-refractivity contribution in [1.29, 1.82) is 0 Å². The molecule has 0 radical (unpaired) electrons. The van der Waals surface area contributed by atoms with E-state index in [9.17, 15) is 10.1 Å². The van der Waals surface area contributed by atoms with Crippen molar-refractivity contribution in [2.75, 3.05) is 11.1 Å². The number of nitrogens with one attached hydrogen (secondary N) is 1. The van der Waals surface area contributed by atoms with Crippen LogP contribution in [0.2, 0.25) is 0 Å². The number of nitrogens with zero attached hydrogens (tertiary/aromatic N) is 5. The van der Waals surface area contributed by atoms with E-state index in [2.05, 4.69) is 20.4 Å². The number of nitro groups is 1. The molecular formula is C8H9N7O2. The SMILES string of the molecule is Cn1cc(Nc2ncnc(N)c2[N+](=O)[O-])cn1. The molecule has 2 aromatic rings. The van der Waals surface area contributed by atoms with Gasteiger partial charge in [-0.3, -0.25) is 14.8 Å². The van der Waals surface area contributed by atoms with E-state index in [0.717, 1.165) is 6.33 Å². The van der Waals surface area contributed by atoms with Crippen molar-refractivity contribution >= 4 is 23.0 Å². The van der Waals surface area contributed by atoms with Crippen LogP contribution in [0.3, 0.4) is 0 Å². The summed E-state index contributed by atoms with van der Waals surface area (Å²) in [6.07, 6.45) is 4.32. The monoisotopic (exact) mass is 235 g/mol. The first-order valence-corrected chi connectivity index (χ1v) is 4.58. The van der Waals surface area contributed by atoms with Gasteiger partial charge >= 0.3 is 5.69 Å². The first-order valence-electron chi connectivity index (χ1n) is 4.58. The van der Waals surface area contributed by atoms with E-state index in [1.165, 1.54) is 6.20 Å². The molecule has 0 aliphatic carbocycles. The molecule has 0 spiro atoms. The van der Waals surface area contributed by atoms with Gasteiger partial charge in [-0.15, -0.1) is 0 Å². The van der Waals surface area contributed by atoms with Gasteiger partial charge in [0.15, 0.2) is 0 Å². The number of anilines is 3. The van der Waals surface area contributed by atoms with Crippen molar-refractivity contribution < 1.29 is 4.92 Å². The zero-order chi connectivity index (χ0) is 12.4. The van der Waals surface area contributed by atoms with Gasteiger partial charge in [-0.25, -0.2) is 9.97 Å². The largest absolute Gasteiger partial charge is 0.378 e. The molecule has 0 bridgehead atoms. The standard InChI is InChI=1S/C8H9N7O2/c1-14-3-5(2-12-14)13-8-6(15(16)17)7(9)10-4-11-8/h2-4H,1H3,(H3,9,10,11,13). The lowest BCUT2D eigenvalue weighted by Gasteiger charge is -2.03. The molecule has 2 aromatic heterocycles. The second kappa shape index (κ2) is 4.04. The van der Waals surface area contributed by atoms with E-state index < -0.39 is 4.92 Å². The maximum Gasteiger partial charge on any atom is 0.353 e. The van der Waals surface area contributed by atoms with Crippen LogP contribution in [0.25, 0.3) is 0 Å². The highest BCUT2D eigenvalue weighted by molar-refractivity contribution is 5.71. The molecule has 0 saturated heterocycles. The van der Waals surface area contributed by atoms with Crippen molar-refractivity contribution in [2.45, 2.75) is 0 Å². The molecule has 2 rings (SSSR count). The normalized spacial score (nSPS) is 10.2. The second-order valence-electron chi connectivity index (χ2n) is 3.24. The molecule has 0 aliphatic rings. The number of hydrogen-bond acceptors (Lipinski definition) is 7. The van der Waals surface area contributed by atoms with Gasteiger partial charge in [-0.05, 0) is 0 Å². The van der Waals surface area contributed by atoms with E-state index in [0.29, 0.717) is 5.69 Å². The van der Waals surface area contributed by atoms with Crippen LogP contribution in [0.15, 0.2) is 18.7 Å². The fourth-order valence-electron chi connectivity index (χ4n) is 1.29. The molecule has 0 fully saturated rings. The van der Waals surface area contributed by atoms with E-state index >= 15 is 0 Å². The summed E-state index contributed by atoms with van der Waals surface area (Å²) in [4.78, 5) is 17.5. The molecule has 0 saturated carbocycles. The summed E-state index contributed by atoms with van der Waals surface area (Å²) >= 11 is 0. The summed E-state index contributed by atoms with van der Waals surface area (Å²) in [7, 11) is 1.73. The average Bonchev–Trinajstić information content (AvgIpc) is 2.63. The summed E-state index contributed by atoms with van der Waals surface area (Å²) in [5.41, 5.74) is 5.65. The van der Waals surface area contributed by atoms with Gasteiger partial charge in [0.2, 0.25) is 11.6 Å². The Bertz CT molecular complexity index is 565. The fraction of sp³-hybridized carbons (Fsp3) is 0.125. The number of nitrogens with two attached hydrogens (primary N) is 1. The summed E-state index contributed by atoms with van der Waals surface area (Å²) in [6, 6.07) is 0. The Labute approximate surface area is 95.4 Å². The molecule has 0 aliphatic heterocycles. The number of rotatable bonds is 3. The lowest BCUT2D eigenvalue weighted by Crippen LogP contribution is -2.04. The van der Waals surface area contributed by atoms with Crippen LogP contribution in [0, 0.1) is 10.1 Å². The predicted octanol–water partition coefficient (Wildman–Crippen LogP) is 0.444. The lowest BCUT2D eigenvalue weighted by atomic mass is 10.4. The molecule has 17 heavy (non-hydrogen) atoms. The Hall–Kier alpha value is -2.71. The van der Waals surface area contributed by atoms with Gasteiger partial charge in [-0.2, -0.15) is 5.10 Å². The number of aromatic nitrogens is 4. The van der Waals surface area contributed by atoms with Crippen LogP contribution in [0.4, 0.5) is 23.0 Å². The molecule has 0 amide bonds. The van der Waals surface area contributed by atoms with Crippen LogP contribution in [0.1, 0.15) is 0 Å². The van der Waals surface area contributed by atoms with Gasteiger partial charge in [0.1, 0.15) is 6.33 Å². The van der Waals surface area contributed by atoms with E-state index in [1.807, 2.05) is 0 Å².